The van der Waals surface area contributed by atoms with Crippen molar-refractivity contribution >= 4 is 39.1 Å². The topological polar surface area (TPSA) is 46.9 Å². The Hall–Kier alpha value is -1.33. The molecule has 0 bridgehead atoms. The highest BCUT2D eigenvalue weighted by Gasteiger charge is 2.09. The summed E-state index contributed by atoms with van der Waals surface area (Å²) in [5.41, 5.74) is 1.00. The Morgan fingerprint density at radius 3 is 2.82 bits per heavy atom. The Bertz CT molecular complexity index is 568. The predicted molar refractivity (Wildman–Crippen MR) is 70.3 cm³/mol. The minimum atomic E-state index is -0.260. The zero-order valence-corrected chi connectivity index (χ0v) is 11.3. The van der Waals surface area contributed by atoms with Crippen LogP contribution in [-0.4, -0.2) is 15.7 Å². The lowest BCUT2D eigenvalue weighted by Gasteiger charge is -2.04. The molecule has 4 nitrogen and oxygen atoms in total. The highest BCUT2D eigenvalue weighted by molar-refractivity contribution is 9.10. The average Bonchev–Trinajstić information content (AvgIpc) is 2.70. The van der Waals surface area contributed by atoms with Crippen molar-refractivity contribution in [3.8, 4) is 0 Å². The van der Waals surface area contributed by atoms with Crippen molar-refractivity contribution in [2.75, 3.05) is 5.32 Å². The van der Waals surface area contributed by atoms with Crippen molar-refractivity contribution in [2.24, 2.45) is 7.05 Å². The molecule has 1 amide bonds. The molecule has 0 aliphatic carbocycles. The third-order valence-electron chi connectivity index (χ3n) is 2.12. The van der Waals surface area contributed by atoms with Crippen LogP contribution in [0.4, 0.5) is 5.69 Å². The molecular weight excluding hydrogens is 305 g/mol. The molecule has 0 atom stereocenters. The zero-order valence-electron chi connectivity index (χ0n) is 8.95. The Kier molecular flexibility index (Phi) is 3.49. The quantitative estimate of drug-likeness (QED) is 0.926. The van der Waals surface area contributed by atoms with Gasteiger partial charge >= 0.3 is 0 Å². The normalized spacial score (nSPS) is 10.3. The molecule has 0 unspecified atom stereocenters. The van der Waals surface area contributed by atoms with Gasteiger partial charge in [-0.1, -0.05) is 11.6 Å². The van der Waals surface area contributed by atoms with Crippen LogP contribution < -0.4 is 5.32 Å². The lowest BCUT2D eigenvalue weighted by Crippen LogP contribution is -2.12. The highest BCUT2D eigenvalue weighted by atomic mass is 79.9. The van der Waals surface area contributed by atoms with Crippen LogP contribution in [0.25, 0.3) is 0 Å². The van der Waals surface area contributed by atoms with E-state index in [9.17, 15) is 4.79 Å². The maximum atomic E-state index is 11.8. The Morgan fingerprint density at radius 1 is 1.47 bits per heavy atom. The number of amides is 1. The summed E-state index contributed by atoms with van der Waals surface area (Å²) in [4.78, 5) is 11.8. The lowest BCUT2D eigenvalue weighted by molar-refractivity contribution is 0.102. The van der Waals surface area contributed by atoms with E-state index < -0.39 is 0 Å². The molecule has 0 saturated carbocycles. The minimum absolute atomic E-state index is 0.260. The van der Waals surface area contributed by atoms with Gasteiger partial charge in [0.05, 0.1) is 5.02 Å². The number of rotatable bonds is 2. The van der Waals surface area contributed by atoms with Gasteiger partial charge in [0.15, 0.2) is 5.69 Å². The summed E-state index contributed by atoms with van der Waals surface area (Å²) in [5, 5.41) is 7.27. The van der Waals surface area contributed by atoms with E-state index in [-0.39, 0.29) is 5.91 Å². The second-order valence-electron chi connectivity index (χ2n) is 3.46. The van der Waals surface area contributed by atoms with Gasteiger partial charge in [-0.05, 0) is 40.2 Å². The summed E-state index contributed by atoms with van der Waals surface area (Å²) in [6.45, 7) is 0. The molecule has 0 radical (unpaired) electrons. The van der Waals surface area contributed by atoms with Gasteiger partial charge in [-0.2, -0.15) is 5.10 Å². The standard InChI is InChI=1S/C11H9BrClN3O/c1-16-5-4-10(15-16)11(17)14-7-2-3-8(12)9(13)6-7/h2-6H,1H3,(H,14,17). The van der Waals surface area contributed by atoms with Gasteiger partial charge in [0.1, 0.15) is 0 Å². The van der Waals surface area contributed by atoms with Crippen LogP contribution >= 0.6 is 27.5 Å². The van der Waals surface area contributed by atoms with E-state index in [0.29, 0.717) is 16.4 Å². The van der Waals surface area contributed by atoms with Gasteiger partial charge in [0.25, 0.3) is 5.91 Å². The number of halogens is 2. The number of nitrogens with zero attached hydrogens (tertiary/aromatic N) is 2. The molecule has 0 aliphatic rings. The van der Waals surface area contributed by atoms with E-state index in [2.05, 4.69) is 26.3 Å². The van der Waals surface area contributed by atoms with Crippen LogP contribution in [0.5, 0.6) is 0 Å². The van der Waals surface area contributed by atoms with E-state index in [4.69, 9.17) is 11.6 Å². The molecular formula is C11H9BrClN3O. The van der Waals surface area contributed by atoms with Gasteiger partial charge in [-0.15, -0.1) is 0 Å². The van der Waals surface area contributed by atoms with Crippen molar-refractivity contribution in [1.82, 2.24) is 9.78 Å². The van der Waals surface area contributed by atoms with E-state index in [1.165, 1.54) is 0 Å². The molecule has 2 aromatic rings. The molecule has 1 N–H and O–H groups in total. The maximum Gasteiger partial charge on any atom is 0.276 e. The number of benzene rings is 1. The first-order valence-electron chi connectivity index (χ1n) is 4.82. The second kappa shape index (κ2) is 4.89. The van der Waals surface area contributed by atoms with Gasteiger partial charge in [-0.3, -0.25) is 9.48 Å². The molecule has 0 aliphatic heterocycles. The van der Waals surface area contributed by atoms with Crippen molar-refractivity contribution in [3.05, 3.63) is 45.7 Å². The molecule has 6 heteroatoms. The first kappa shape index (κ1) is 12.1. The average molecular weight is 315 g/mol. The number of carbonyl (C=O) groups is 1. The Balaban J connectivity index is 2.15. The summed E-state index contributed by atoms with van der Waals surface area (Å²) >= 11 is 9.21. The molecule has 17 heavy (non-hydrogen) atoms. The minimum Gasteiger partial charge on any atom is -0.321 e. The highest BCUT2D eigenvalue weighted by Crippen LogP contribution is 2.25. The number of hydrogen-bond donors (Lipinski definition) is 1. The van der Waals surface area contributed by atoms with Crippen LogP contribution in [0.2, 0.25) is 5.02 Å². The first-order chi connectivity index (χ1) is 8.06. The van der Waals surface area contributed by atoms with Crippen LogP contribution in [-0.2, 0) is 7.05 Å². The number of nitrogens with one attached hydrogen (secondary N) is 1. The molecule has 0 saturated heterocycles. The molecule has 88 valence electrons. The molecule has 1 heterocycles. The largest absolute Gasteiger partial charge is 0.321 e. The van der Waals surface area contributed by atoms with E-state index in [0.717, 1.165) is 4.47 Å². The Labute approximate surface area is 112 Å². The lowest BCUT2D eigenvalue weighted by atomic mass is 10.3. The van der Waals surface area contributed by atoms with Gasteiger partial charge in [-0.25, -0.2) is 0 Å². The fourth-order valence-electron chi connectivity index (χ4n) is 1.31. The summed E-state index contributed by atoms with van der Waals surface area (Å²) in [6, 6.07) is 6.86. The van der Waals surface area contributed by atoms with Crippen LogP contribution in [0, 0.1) is 0 Å². The number of hydrogen-bond acceptors (Lipinski definition) is 2. The van der Waals surface area contributed by atoms with Gasteiger partial charge < -0.3 is 5.32 Å². The fraction of sp³-hybridized carbons (Fsp3) is 0.0909. The molecule has 1 aromatic carbocycles. The molecule has 0 fully saturated rings. The number of aryl methyl sites for hydroxylation is 1. The van der Waals surface area contributed by atoms with Gasteiger partial charge in [0.2, 0.25) is 0 Å². The smallest absolute Gasteiger partial charge is 0.276 e. The number of aromatic nitrogens is 2. The SMILES string of the molecule is Cn1ccc(C(=O)Nc2ccc(Br)c(Cl)c2)n1. The fourth-order valence-corrected chi connectivity index (χ4v) is 1.73. The maximum absolute atomic E-state index is 11.8. The van der Waals surface area contributed by atoms with Crippen LogP contribution in [0.1, 0.15) is 10.5 Å². The number of anilines is 1. The van der Waals surface area contributed by atoms with Crippen molar-refractivity contribution in [2.45, 2.75) is 0 Å². The van der Waals surface area contributed by atoms with Crippen molar-refractivity contribution < 1.29 is 4.79 Å². The summed E-state index contributed by atoms with van der Waals surface area (Å²) in [6.07, 6.45) is 1.71. The first-order valence-corrected chi connectivity index (χ1v) is 5.99. The monoisotopic (exact) mass is 313 g/mol. The molecule has 2 rings (SSSR count). The van der Waals surface area contributed by atoms with Crippen LogP contribution in [0.3, 0.4) is 0 Å². The van der Waals surface area contributed by atoms with E-state index in [1.54, 1.807) is 42.2 Å². The molecule has 1 aromatic heterocycles. The summed E-state index contributed by atoms with van der Waals surface area (Å²) in [7, 11) is 1.76. The van der Waals surface area contributed by atoms with E-state index >= 15 is 0 Å². The Morgan fingerprint density at radius 2 is 2.24 bits per heavy atom. The zero-order chi connectivity index (χ0) is 12.4. The van der Waals surface area contributed by atoms with E-state index in [1.807, 2.05) is 0 Å². The number of carbonyl (C=O) groups excluding carboxylic acids is 1. The third kappa shape index (κ3) is 2.87. The van der Waals surface area contributed by atoms with Gasteiger partial charge in [0, 0.05) is 23.4 Å². The predicted octanol–water partition coefficient (Wildman–Crippen LogP) is 3.09. The summed E-state index contributed by atoms with van der Waals surface area (Å²) in [5.74, 6) is -0.260. The van der Waals surface area contributed by atoms with Crippen molar-refractivity contribution in [1.29, 1.82) is 0 Å². The third-order valence-corrected chi connectivity index (χ3v) is 3.36. The second-order valence-corrected chi connectivity index (χ2v) is 4.72. The molecule has 0 spiro atoms. The summed E-state index contributed by atoms with van der Waals surface area (Å²) < 4.78 is 2.36. The van der Waals surface area contributed by atoms with Crippen molar-refractivity contribution in [3.63, 3.8) is 0 Å². The van der Waals surface area contributed by atoms with Crippen LogP contribution in [0.15, 0.2) is 34.9 Å².